The molecule has 17 heavy (non-hydrogen) atoms. The average Bonchev–Trinajstić information content (AvgIpc) is 2.21. The van der Waals surface area contributed by atoms with Crippen LogP contribution in [0.2, 0.25) is 0 Å². The van der Waals surface area contributed by atoms with Gasteiger partial charge in [0.1, 0.15) is 0 Å². The second-order valence-corrected chi connectivity index (χ2v) is 8.11. The van der Waals surface area contributed by atoms with Crippen molar-refractivity contribution in [2.45, 2.75) is 64.2 Å². The fourth-order valence-corrected chi connectivity index (χ4v) is 6.37. The normalized spacial score (nSPS) is 50.3. The van der Waals surface area contributed by atoms with E-state index in [1.807, 2.05) is 0 Å². The molecule has 1 N–H and O–H groups in total. The van der Waals surface area contributed by atoms with Gasteiger partial charge in [-0.1, -0.05) is 6.42 Å². The summed E-state index contributed by atoms with van der Waals surface area (Å²) in [5, 5.41) is 9.74. The van der Waals surface area contributed by atoms with Gasteiger partial charge in [-0.15, -0.1) is 0 Å². The molecular formula is C16H26O. The van der Waals surface area contributed by atoms with Crippen LogP contribution in [0, 0.1) is 28.6 Å². The predicted molar refractivity (Wildman–Crippen MR) is 68.6 cm³/mol. The van der Waals surface area contributed by atoms with Crippen LogP contribution in [0.3, 0.4) is 0 Å². The highest BCUT2D eigenvalue weighted by Gasteiger charge is 2.54. The number of aliphatic hydroxyl groups is 1. The Balaban J connectivity index is 1.56. The summed E-state index contributed by atoms with van der Waals surface area (Å²) in [4.78, 5) is 0. The number of hydrogen-bond acceptors (Lipinski definition) is 1. The lowest BCUT2D eigenvalue weighted by molar-refractivity contribution is -0.103. The molecule has 1 nitrogen and oxygen atoms in total. The molecule has 0 saturated heterocycles. The fraction of sp³-hybridized carbons (Fsp3) is 1.00. The molecule has 1 heteroatoms. The van der Waals surface area contributed by atoms with Crippen LogP contribution in [-0.4, -0.2) is 11.7 Å². The van der Waals surface area contributed by atoms with Gasteiger partial charge in [0, 0.05) is 6.61 Å². The summed E-state index contributed by atoms with van der Waals surface area (Å²) in [6.07, 6.45) is 14.5. The second-order valence-electron chi connectivity index (χ2n) is 8.11. The second kappa shape index (κ2) is 3.50. The van der Waals surface area contributed by atoms with Gasteiger partial charge in [-0.3, -0.25) is 0 Å². The number of hydrogen-bond donors (Lipinski definition) is 1. The van der Waals surface area contributed by atoms with Crippen LogP contribution in [0.1, 0.15) is 64.2 Å². The lowest BCUT2D eigenvalue weighted by atomic mass is 9.45. The first-order valence-corrected chi connectivity index (χ1v) is 7.82. The molecule has 0 aromatic carbocycles. The lowest BCUT2D eigenvalue weighted by Crippen LogP contribution is -2.50. The maximum atomic E-state index is 9.74. The van der Waals surface area contributed by atoms with Crippen LogP contribution in [0.15, 0.2) is 0 Å². The monoisotopic (exact) mass is 234 g/mol. The van der Waals surface area contributed by atoms with E-state index >= 15 is 0 Å². The SMILES string of the molecule is OCC1(CC23CC4CC(CC(C4)C2)C3)CCC1. The summed E-state index contributed by atoms with van der Waals surface area (Å²) < 4.78 is 0. The quantitative estimate of drug-likeness (QED) is 0.788. The smallest absolute Gasteiger partial charge is 0.0487 e. The highest BCUT2D eigenvalue weighted by atomic mass is 16.3. The van der Waals surface area contributed by atoms with Crippen LogP contribution in [0.5, 0.6) is 0 Å². The highest BCUT2D eigenvalue weighted by Crippen LogP contribution is 2.64. The Labute approximate surface area is 105 Å². The van der Waals surface area contributed by atoms with Crippen LogP contribution in [0.4, 0.5) is 0 Å². The molecule has 5 saturated carbocycles. The molecule has 0 aromatic rings. The summed E-state index contributed by atoms with van der Waals surface area (Å²) in [5.41, 5.74) is 1.05. The van der Waals surface area contributed by atoms with Gasteiger partial charge in [0.25, 0.3) is 0 Å². The first kappa shape index (κ1) is 10.8. The van der Waals surface area contributed by atoms with Crippen molar-refractivity contribution >= 4 is 0 Å². The van der Waals surface area contributed by atoms with E-state index in [2.05, 4.69) is 0 Å². The Morgan fingerprint density at radius 2 is 1.41 bits per heavy atom. The minimum Gasteiger partial charge on any atom is -0.396 e. The van der Waals surface area contributed by atoms with E-state index in [1.54, 1.807) is 19.3 Å². The van der Waals surface area contributed by atoms with Crippen LogP contribution >= 0.6 is 0 Å². The molecule has 5 aliphatic carbocycles. The zero-order valence-corrected chi connectivity index (χ0v) is 11.0. The van der Waals surface area contributed by atoms with Gasteiger partial charge < -0.3 is 5.11 Å². The van der Waals surface area contributed by atoms with E-state index in [-0.39, 0.29) is 0 Å². The average molecular weight is 234 g/mol. The van der Waals surface area contributed by atoms with Crippen molar-refractivity contribution in [2.24, 2.45) is 28.6 Å². The Bertz CT molecular complexity index is 275. The van der Waals surface area contributed by atoms with Gasteiger partial charge >= 0.3 is 0 Å². The molecule has 0 spiro atoms. The molecule has 5 fully saturated rings. The Kier molecular flexibility index (Phi) is 2.23. The summed E-state index contributed by atoms with van der Waals surface area (Å²) in [6.45, 7) is 0.467. The summed E-state index contributed by atoms with van der Waals surface area (Å²) in [6, 6.07) is 0. The first-order chi connectivity index (χ1) is 8.21. The molecular weight excluding hydrogens is 208 g/mol. The standard InChI is InChI=1S/C16H26O/c17-11-15(2-1-3-15)10-16-7-12-4-13(8-16)6-14(5-12)9-16/h12-14,17H,1-11H2. The van der Waals surface area contributed by atoms with Crippen molar-refractivity contribution in [1.29, 1.82) is 0 Å². The molecule has 0 aliphatic heterocycles. The molecule has 4 bridgehead atoms. The van der Waals surface area contributed by atoms with E-state index < -0.39 is 0 Å². The van der Waals surface area contributed by atoms with Crippen LogP contribution < -0.4 is 0 Å². The maximum absolute atomic E-state index is 9.74. The van der Waals surface area contributed by atoms with Crippen molar-refractivity contribution in [1.82, 2.24) is 0 Å². The predicted octanol–water partition coefficient (Wildman–Crippen LogP) is 3.76. The third-order valence-corrected chi connectivity index (χ3v) is 6.66. The fourth-order valence-electron chi connectivity index (χ4n) is 6.37. The topological polar surface area (TPSA) is 20.2 Å². The van der Waals surface area contributed by atoms with Gasteiger partial charge in [-0.05, 0) is 86.4 Å². The lowest BCUT2D eigenvalue weighted by Gasteiger charge is -2.60. The molecule has 0 unspecified atom stereocenters. The van der Waals surface area contributed by atoms with Crippen molar-refractivity contribution in [2.75, 3.05) is 6.61 Å². The third kappa shape index (κ3) is 1.61. The van der Waals surface area contributed by atoms with Crippen molar-refractivity contribution < 1.29 is 5.11 Å². The maximum Gasteiger partial charge on any atom is 0.0487 e. The van der Waals surface area contributed by atoms with Crippen molar-refractivity contribution in [3.05, 3.63) is 0 Å². The minimum absolute atomic E-state index is 0.367. The Morgan fingerprint density at radius 3 is 1.76 bits per heavy atom. The largest absolute Gasteiger partial charge is 0.396 e. The van der Waals surface area contributed by atoms with E-state index in [9.17, 15) is 5.11 Å². The van der Waals surface area contributed by atoms with Gasteiger partial charge in [-0.25, -0.2) is 0 Å². The molecule has 0 radical (unpaired) electrons. The van der Waals surface area contributed by atoms with Gasteiger partial charge in [0.2, 0.25) is 0 Å². The van der Waals surface area contributed by atoms with Gasteiger partial charge in [-0.2, -0.15) is 0 Å². The molecule has 0 aromatic heterocycles. The summed E-state index contributed by atoms with van der Waals surface area (Å²) in [7, 11) is 0. The van der Waals surface area contributed by atoms with E-state index in [0.29, 0.717) is 17.4 Å². The van der Waals surface area contributed by atoms with E-state index in [4.69, 9.17) is 0 Å². The van der Waals surface area contributed by atoms with Crippen molar-refractivity contribution in [3.8, 4) is 0 Å². The summed E-state index contributed by atoms with van der Waals surface area (Å²) in [5.74, 6) is 3.20. The molecule has 5 rings (SSSR count). The Hall–Kier alpha value is -0.0400. The number of rotatable bonds is 3. The molecule has 0 amide bonds. The highest BCUT2D eigenvalue weighted by molar-refractivity contribution is 5.05. The molecule has 0 heterocycles. The molecule has 5 aliphatic rings. The summed E-state index contributed by atoms with van der Waals surface area (Å²) >= 11 is 0. The van der Waals surface area contributed by atoms with Crippen LogP contribution in [-0.2, 0) is 0 Å². The molecule has 96 valence electrons. The third-order valence-electron chi connectivity index (χ3n) is 6.66. The Morgan fingerprint density at radius 1 is 0.882 bits per heavy atom. The minimum atomic E-state index is 0.367. The van der Waals surface area contributed by atoms with Crippen LogP contribution in [0.25, 0.3) is 0 Å². The first-order valence-electron chi connectivity index (χ1n) is 7.82. The van der Waals surface area contributed by atoms with Gasteiger partial charge in [0.05, 0.1) is 0 Å². The number of aliphatic hydroxyl groups excluding tert-OH is 1. The zero-order valence-electron chi connectivity index (χ0n) is 11.0. The van der Waals surface area contributed by atoms with Gasteiger partial charge in [0.15, 0.2) is 0 Å². The van der Waals surface area contributed by atoms with E-state index in [0.717, 1.165) is 17.8 Å². The molecule has 0 atom stereocenters. The van der Waals surface area contributed by atoms with Crippen molar-refractivity contribution in [3.63, 3.8) is 0 Å². The van der Waals surface area contributed by atoms with E-state index in [1.165, 1.54) is 44.9 Å². The zero-order chi connectivity index (χ0) is 11.5.